The van der Waals surface area contributed by atoms with Gasteiger partial charge in [-0.2, -0.15) is 4.99 Å². The van der Waals surface area contributed by atoms with Crippen molar-refractivity contribution in [3.63, 3.8) is 0 Å². The number of fused-ring (bicyclic) bond motifs is 1. The van der Waals surface area contributed by atoms with Crippen molar-refractivity contribution in [1.29, 1.82) is 0 Å². The molecule has 1 unspecified atom stereocenters. The Balaban J connectivity index is 1.51. The average molecular weight is 461 g/mol. The maximum Gasteiger partial charge on any atom is 0.280 e. The minimum Gasteiger partial charge on any atom is -0.495 e. The van der Waals surface area contributed by atoms with Crippen molar-refractivity contribution in [1.82, 2.24) is 14.5 Å². The fraction of sp³-hybridized carbons (Fsp3) is 0.269. The normalized spacial score (nSPS) is 21.1. The summed E-state index contributed by atoms with van der Waals surface area (Å²) in [7, 11) is 1.62. The number of aryl methyl sites for hydroxylation is 1. The van der Waals surface area contributed by atoms with Gasteiger partial charge in [0.25, 0.3) is 5.91 Å². The second-order valence-electron chi connectivity index (χ2n) is 8.54. The number of aliphatic hydroxyl groups is 1. The molecule has 2 aliphatic heterocycles. The lowest BCUT2D eigenvalue weighted by Crippen LogP contribution is -2.53. The van der Waals surface area contributed by atoms with Crippen LogP contribution in [0.3, 0.4) is 0 Å². The number of imidazole rings is 1. The van der Waals surface area contributed by atoms with E-state index in [9.17, 15) is 14.3 Å². The fourth-order valence-electron chi connectivity index (χ4n) is 4.76. The third-order valence-electron chi connectivity index (χ3n) is 6.48. The summed E-state index contributed by atoms with van der Waals surface area (Å²) < 4.78 is 21.1. The molecular formula is C26H25FN4O3. The molecule has 34 heavy (non-hydrogen) atoms. The van der Waals surface area contributed by atoms with Crippen LogP contribution in [0.25, 0.3) is 11.8 Å². The number of nitrogens with zero attached hydrogens (tertiary/aromatic N) is 4. The third-order valence-corrected chi connectivity index (χ3v) is 6.48. The number of ether oxygens (including phenoxy) is 1. The maximum atomic E-state index is 13.5. The van der Waals surface area contributed by atoms with Gasteiger partial charge in [-0.25, -0.2) is 9.37 Å². The molecule has 3 heterocycles. The number of piperidine rings is 1. The molecule has 1 atom stereocenters. The van der Waals surface area contributed by atoms with E-state index in [1.807, 2.05) is 46.9 Å². The molecule has 0 bridgehead atoms. The smallest absolute Gasteiger partial charge is 0.280 e. The molecule has 2 aliphatic rings. The summed E-state index contributed by atoms with van der Waals surface area (Å²) in [4.78, 5) is 23.6. The van der Waals surface area contributed by atoms with Gasteiger partial charge in [0.2, 0.25) is 0 Å². The Kier molecular flexibility index (Phi) is 5.53. The lowest BCUT2D eigenvalue weighted by Gasteiger charge is -2.40. The molecule has 0 radical (unpaired) electrons. The first-order chi connectivity index (χ1) is 16.5. The molecule has 3 aromatic rings. The zero-order valence-corrected chi connectivity index (χ0v) is 19.0. The van der Waals surface area contributed by atoms with E-state index in [2.05, 4.69) is 9.98 Å². The van der Waals surface area contributed by atoms with Crippen LogP contribution in [0.5, 0.6) is 5.75 Å². The van der Waals surface area contributed by atoms with Crippen LogP contribution in [0.4, 0.5) is 4.39 Å². The molecule has 0 saturated carbocycles. The first kappa shape index (κ1) is 22.0. The van der Waals surface area contributed by atoms with Crippen molar-refractivity contribution in [2.45, 2.75) is 25.3 Å². The molecule has 2 aromatic carbocycles. The van der Waals surface area contributed by atoms with Crippen LogP contribution in [-0.2, 0) is 10.3 Å². The number of aromatic nitrogens is 2. The summed E-state index contributed by atoms with van der Waals surface area (Å²) in [5.41, 5.74) is 2.80. The molecule has 5 rings (SSSR count). The average Bonchev–Trinajstić information content (AvgIpc) is 3.40. The zero-order chi connectivity index (χ0) is 23.9. The largest absolute Gasteiger partial charge is 0.495 e. The molecule has 1 aromatic heterocycles. The number of aliphatic imine (C=N–C) groups is 1. The van der Waals surface area contributed by atoms with Gasteiger partial charge in [-0.1, -0.05) is 18.2 Å². The van der Waals surface area contributed by atoms with Gasteiger partial charge in [0.15, 0.2) is 5.54 Å². The number of carbonyl (C=O) groups is 1. The Morgan fingerprint density at radius 1 is 1.24 bits per heavy atom. The van der Waals surface area contributed by atoms with Crippen LogP contribution in [-0.4, -0.2) is 51.6 Å². The quantitative estimate of drug-likeness (QED) is 0.629. The van der Waals surface area contributed by atoms with Crippen LogP contribution in [0.2, 0.25) is 0 Å². The number of benzene rings is 2. The Labute approximate surface area is 196 Å². The Hall–Kier alpha value is -3.78. The van der Waals surface area contributed by atoms with Gasteiger partial charge in [-0.05, 0) is 66.8 Å². The van der Waals surface area contributed by atoms with Gasteiger partial charge >= 0.3 is 0 Å². The van der Waals surface area contributed by atoms with Crippen molar-refractivity contribution in [3.8, 4) is 11.4 Å². The summed E-state index contributed by atoms with van der Waals surface area (Å²) >= 11 is 0. The van der Waals surface area contributed by atoms with E-state index in [0.717, 1.165) is 35.4 Å². The standard InChI is InChI=1S/C26H25FN4O3/c1-17-14-30(16-28-17)22-10-5-18(13-23(22)34-2)12-19-4-3-11-31-24(19)29-25(33)26(31,15-32)20-6-8-21(27)9-7-20/h5-10,12-14,16,32H,3-4,11,15H2,1-2H3/b19-12+. The molecule has 0 aliphatic carbocycles. The summed E-state index contributed by atoms with van der Waals surface area (Å²) in [6.45, 7) is 2.06. The molecule has 1 fully saturated rings. The van der Waals surface area contributed by atoms with E-state index in [1.165, 1.54) is 12.1 Å². The minimum absolute atomic E-state index is 0.397. The SMILES string of the molecule is COc1cc(/C=C2\CCCN3C2=NC(=O)C3(CO)c2ccc(F)cc2)ccc1-n1cnc(C)c1. The number of carbonyl (C=O) groups excluding carboxylic acids is 1. The van der Waals surface area contributed by atoms with Crippen molar-refractivity contribution in [2.75, 3.05) is 20.3 Å². The molecular weight excluding hydrogens is 435 g/mol. The van der Waals surface area contributed by atoms with E-state index in [1.54, 1.807) is 25.6 Å². The lowest BCUT2D eigenvalue weighted by molar-refractivity contribution is -0.128. The molecule has 174 valence electrons. The first-order valence-electron chi connectivity index (χ1n) is 11.1. The van der Waals surface area contributed by atoms with Gasteiger partial charge in [0.05, 0.1) is 31.4 Å². The highest BCUT2D eigenvalue weighted by atomic mass is 19.1. The van der Waals surface area contributed by atoms with Crippen LogP contribution >= 0.6 is 0 Å². The summed E-state index contributed by atoms with van der Waals surface area (Å²) in [5, 5.41) is 10.4. The van der Waals surface area contributed by atoms with Gasteiger partial charge in [-0.3, -0.25) is 4.79 Å². The van der Waals surface area contributed by atoms with Crippen molar-refractivity contribution in [2.24, 2.45) is 4.99 Å². The molecule has 1 amide bonds. The fourth-order valence-corrected chi connectivity index (χ4v) is 4.76. The van der Waals surface area contributed by atoms with Gasteiger partial charge in [-0.15, -0.1) is 0 Å². The van der Waals surface area contributed by atoms with E-state index < -0.39 is 23.9 Å². The van der Waals surface area contributed by atoms with Gasteiger partial charge in [0.1, 0.15) is 17.4 Å². The predicted octanol–water partition coefficient (Wildman–Crippen LogP) is 3.63. The van der Waals surface area contributed by atoms with Crippen LogP contribution in [0, 0.1) is 12.7 Å². The number of amidine groups is 1. The zero-order valence-electron chi connectivity index (χ0n) is 19.0. The second-order valence-corrected chi connectivity index (χ2v) is 8.54. The number of methoxy groups -OCH3 is 1. The maximum absolute atomic E-state index is 13.5. The van der Waals surface area contributed by atoms with Crippen molar-refractivity contribution >= 4 is 17.8 Å². The molecule has 8 heteroatoms. The molecule has 7 nitrogen and oxygen atoms in total. The highest BCUT2D eigenvalue weighted by Crippen LogP contribution is 2.40. The van der Waals surface area contributed by atoms with E-state index in [0.29, 0.717) is 23.7 Å². The number of rotatable bonds is 5. The number of halogens is 1. The topological polar surface area (TPSA) is 80.0 Å². The summed E-state index contributed by atoms with van der Waals surface area (Å²) in [6, 6.07) is 11.6. The highest BCUT2D eigenvalue weighted by molar-refractivity contribution is 6.15. The van der Waals surface area contributed by atoms with Crippen LogP contribution in [0.15, 0.2) is 65.6 Å². The summed E-state index contributed by atoms with van der Waals surface area (Å²) in [5.74, 6) is 0.418. The Morgan fingerprint density at radius 3 is 2.71 bits per heavy atom. The van der Waals surface area contributed by atoms with Crippen molar-refractivity contribution in [3.05, 3.63) is 83.2 Å². The van der Waals surface area contributed by atoms with Gasteiger partial charge in [0, 0.05) is 12.7 Å². The third kappa shape index (κ3) is 3.51. The predicted molar refractivity (Wildman–Crippen MR) is 126 cm³/mol. The van der Waals surface area contributed by atoms with Crippen LogP contribution in [0.1, 0.15) is 29.7 Å². The van der Waals surface area contributed by atoms with Gasteiger partial charge < -0.3 is 19.3 Å². The second kappa shape index (κ2) is 8.53. The molecule has 1 saturated heterocycles. The number of hydrogen-bond acceptors (Lipinski definition) is 5. The Morgan fingerprint density at radius 2 is 2.03 bits per heavy atom. The van der Waals surface area contributed by atoms with Crippen molar-refractivity contribution < 1.29 is 19.0 Å². The van der Waals surface area contributed by atoms with E-state index >= 15 is 0 Å². The van der Waals surface area contributed by atoms with Crippen LogP contribution < -0.4 is 4.74 Å². The number of aliphatic hydroxyl groups excluding tert-OH is 1. The minimum atomic E-state index is -1.33. The van der Waals surface area contributed by atoms with E-state index in [-0.39, 0.29) is 0 Å². The molecule has 0 spiro atoms. The highest BCUT2D eigenvalue weighted by Gasteiger charge is 2.52. The monoisotopic (exact) mass is 460 g/mol. The number of hydrogen-bond donors (Lipinski definition) is 1. The number of amides is 1. The molecule has 1 N–H and O–H groups in total. The lowest BCUT2D eigenvalue weighted by atomic mass is 9.86. The van der Waals surface area contributed by atoms with E-state index in [4.69, 9.17) is 4.74 Å². The first-order valence-corrected chi connectivity index (χ1v) is 11.1. The summed E-state index contributed by atoms with van der Waals surface area (Å²) in [6.07, 6.45) is 7.22. The Bertz CT molecular complexity index is 1310.